The number of rotatable bonds is 11. The van der Waals surface area contributed by atoms with Crippen LogP contribution in [0.2, 0.25) is 0 Å². The maximum atomic E-state index is 14.1. The Morgan fingerprint density at radius 3 is 2.64 bits per heavy atom. The molecule has 3 aromatic carbocycles. The molecule has 3 N–H and O–H groups in total. The van der Waals surface area contributed by atoms with E-state index in [9.17, 15) is 23.3 Å². The number of ether oxygens (including phenoxy) is 4. The Bertz CT molecular complexity index is 2690. The maximum Gasteiger partial charge on any atom is 0.297 e. The van der Waals surface area contributed by atoms with Crippen LogP contribution in [0.5, 0.6) is 17.2 Å². The molecule has 3 atom stereocenters. The van der Waals surface area contributed by atoms with Crippen molar-refractivity contribution in [3.63, 3.8) is 0 Å². The number of aromatic amines is 1. The van der Waals surface area contributed by atoms with Crippen LogP contribution in [0.1, 0.15) is 85.8 Å². The average Bonchev–Trinajstić information content (AvgIpc) is 3.98. The highest BCUT2D eigenvalue weighted by molar-refractivity contribution is 7.90. The molecule has 3 saturated heterocycles. The fourth-order valence-corrected chi connectivity index (χ4v) is 11.5. The van der Waals surface area contributed by atoms with E-state index in [2.05, 4.69) is 67.9 Å². The Morgan fingerprint density at radius 2 is 1.86 bits per heavy atom. The number of sulfonamides is 1. The van der Waals surface area contributed by atoms with Crippen LogP contribution in [0.15, 0.2) is 84.0 Å². The fraction of sp³-hybridized carbons (Fsp3) is 0.447. The van der Waals surface area contributed by atoms with E-state index in [-0.39, 0.29) is 36.0 Å². The molecule has 1 amide bonds. The molecule has 64 heavy (non-hydrogen) atoms. The first-order valence-electron chi connectivity index (χ1n) is 22.3. The summed E-state index contributed by atoms with van der Waals surface area (Å²) in [7, 11) is -4.66. The number of nitro benzene ring substituents is 1. The van der Waals surface area contributed by atoms with Gasteiger partial charge in [-0.2, -0.15) is 0 Å². The Kier molecular flexibility index (Phi) is 11.2. The number of amides is 1. The van der Waals surface area contributed by atoms with Gasteiger partial charge in [-0.05, 0) is 91.8 Å². The van der Waals surface area contributed by atoms with E-state index >= 15 is 0 Å². The molecule has 6 heterocycles. The van der Waals surface area contributed by atoms with Crippen LogP contribution in [-0.2, 0) is 19.5 Å². The van der Waals surface area contributed by atoms with Crippen molar-refractivity contribution in [2.75, 3.05) is 56.3 Å². The third-order valence-corrected chi connectivity index (χ3v) is 15.2. The Hall–Kier alpha value is -5.75. The van der Waals surface area contributed by atoms with Crippen molar-refractivity contribution < 1.29 is 37.1 Å². The number of nitrogens with zero attached hydrogens (tertiary/aromatic N) is 4. The Morgan fingerprint density at radius 1 is 1.03 bits per heavy atom. The molecule has 1 spiro atoms. The van der Waals surface area contributed by atoms with Crippen molar-refractivity contribution >= 4 is 44.0 Å². The predicted molar refractivity (Wildman–Crippen MR) is 240 cm³/mol. The smallest absolute Gasteiger partial charge is 0.297 e. The highest BCUT2D eigenvalue weighted by Crippen LogP contribution is 2.54. The second-order valence-electron chi connectivity index (χ2n) is 18.2. The molecule has 3 unspecified atom stereocenters. The second-order valence-corrected chi connectivity index (χ2v) is 19.8. The summed E-state index contributed by atoms with van der Waals surface area (Å²) in [6.45, 7) is 8.53. The number of carbonyl (C=O) groups excluding carboxylic acids is 1. The topological polar surface area (TPSA) is 190 Å². The van der Waals surface area contributed by atoms with Crippen LogP contribution in [0, 0.1) is 15.5 Å². The van der Waals surface area contributed by atoms with E-state index in [1.165, 1.54) is 49.1 Å². The van der Waals surface area contributed by atoms with Crippen molar-refractivity contribution in [3.8, 4) is 17.2 Å². The highest BCUT2D eigenvalue weighted by atomic mass is 32.2. The zero-order valence-corrected chi connectivity index (χ0v) is 36.8. The first-order chi connectivity index (χ1) is 30.9. The van der Waals surface area contributed by atoms with E-state index < -0.39 is 43.6 Å². The summed E-state index contributed by atoms with van der Waals surface area (Å²) < 4.78 is 53.4. The average molecular weight is 892 g/mol. The summed E-state index contributed by atoms with van der Waals surface area (Å²) in [6, 6.07) is 20.4. The van der Waals surface area contributed by atoms with Crippen molar-refractivity contribution in [3.05, 3.63) is 106 Å². The number of nitrogens with one attached hydrogen (secondary N) is 3. The number of fused-ring (bicyclic) bond motifs is 2. The van der Waals surface area contributed by atoms with Crippen LogP contribution in [0.25, 0.3) is 11.0 Å². The largest absolute Gasteiger partial charge is 0.489 e. The molecule has 1 saturated carbocycles. The Balaban J connectivity index is 0.861. The van der Waals surface area contributed by atoms with Gasteiger partial charge in [0.1, 0.15) is 29.9 Å². The summed E-state index contributed by atoms with van der Waals surface area (Å²) >= 11 is 0. The molecular weight excluding hydrogens is 839 g/mol. The second kappa shape index (κ2) is 17.0. The van der Waals surface area contributed by atoms with Gasteiger partial charge in [0, 0.05) is 60.6 Å². The molecule has 16 nitrogen and oxygen atoms in total. The van der Waals surface area contributed by atoms with Crippen molar-refractivity contribution in [1.82, 2.24) is 19.6 Å². The lowest BCUT2D eigenvalue weighted by atomic mass is 9.59. The summed E-state index contributed by atoms with van der Waals surface area (Å²) in [5.41, 5.74) is 4.21. The standard InChI is InChI=1S/C47H53N7O9S/c1-29(2)35-6-3-4-7-36(35)39-8-5-15-53(39)32-24-47(25-32)12-16-52(17-13-47)31-9-10-37(41(21-31)63-33-20-30-11-14-48-45(30)49-26-33)46(55)51-64(58,59)34-22-40(54(56)57)44-42(23-34)62-27-38(50-44)43-28-60-18-19-61-43/h3-4,6-7,9-11,14,20-23,26,29,32,38-39,43,50H,5,8,12-13,15-19,24-25,27-28H2,1-2H3,(H,48,49)(H,51,55). The van der Waals surface area contributed by atoms with Crippen LogP contribution in [-0.4, -0.2) is 98.4 Å². The molecule has 0 radical (unpaired) electrons. The van der Waals surface area contributed by atoms with Gasteiger partial charge in [0.15, 0.2) is 11.4 Å². The number of H-pyrrole nitrogens is 1. The van der Waals surface area contributed by atoms with Gasteiger partial charge in [-0.15, -0.1) is 0 Å². The number of likely N-dealkylation sites (tertiary alicyclic amines) is 1. The number of anilines is 2. The van der Waals surface area contributed by atoms with Gasteiger partial charge in [-0.3, -0.25) is 19.8 Å². The van der Waals surface area contributed by atoms with Crippen LogP contribution < -0.4 is 24.4 Å². The van der Waals surface area contributed by atoms with Gasteiger partial charge in [0.05, 0.1) is 47.4 Å². The molecule has 2 aromatic heterocycles. The van der Waals surface area contributed by atoms with Crippen LogP contribution in [0.4, 0.5) is 17.1 Å². The van der Waals surface area contributed by atoms with Gasteiger partial charge in [-0.25, -0.2) is 18.1 Å². The number of piperidine rings is 1. The van der Waals surface area contributed by atoms with Crippen molar-refractivity contribution in [1.29, 1.82) is 0 Å². The summed E-state index contributed by atoms with van der Waals surface area (Å²) in [5.74, 6) is -0.0277. The zero-order valence-electron chi connectivity index (χ0n) is 36.0. The van der Waals surface area contributed by atoms with Gasteiger partial charge in [0.2, 0.25) is 0 Å². The van der Waals surface area contributed by atoms with Gasteiger partial charge >= 0.3 is 0 Å². The maximum absolute atomic E-state index is 14.1. The molecule has 5 aliphatic rings. The van der Waals surface area contributed by atoms with E-state index in [4.69, 9.17) is 18.9 Å². The van der Waals surface area contributed by atoms with Gasteiger partial charge < -0.3 is 34.1 Å². The van der Waals surface area contributed by atoms with Gasteiger partial charge in [-0.1, -0.05) is 38.1 Å². The molecule has 10 rings (SSSR count). The minimum absolute atomic E-state index is 0.0178. The Labute approximate surface area is 371 Å². The quantitative estimate of drug-likeness (QED) is 0.0866. The highest BCUT2D eigenvalue weighted by Gasteiger charge is 2.50. The fourth-order valence-electron chi connectivity index (χ4n) is 10.5. The van der Waals surface area contributed by atoms with Gasteiger partial charge in [0.25, 0.3) is 21.6 Å². The number of hydrogen-bond donors (Lipinski definition) is 3. The number of aromatic nitrogens is 2. The van der Waals surface area contributed by atoms with Crippen molar-refractivity contribution in [2.24, 2.45) is 5.41 Å². The molecule has 1 aliphatic carbocycles. The van der Waals surface area contributed by atoms with Crippen LogP contribution in [0.3, 0.4) is 0 Å². The number of pyridine rings is 1. The lowest BCUT2D eigenvalue weighted by Crippen LogP contribution is -2.54. The SMILES string of the molecule is CC(C)c1ccccc1C1CCCN1C1CC2(CCN(c3ccc(C(=O)NS(=O)(=O)c4cc5c(c([N+](=O)[O-])c4)NC(C4COCCO4)CO5)c(Oc4cnc5[nH]ccc5c4)c3)CC2)C1. The molecule has 17 heteroatoms. The minimum Gasteiger partial charge on any atom is -0.489 e. The summed E-state index contributed by atoms with van der Waals surface area (Å²) in [6.07, 6.45) is 9.80. The molecule has 336 valence electrons. The third kappa shape index (κ3) is 8.14. The minimum atomic E-state index is -4.66. The van der Waals surface area contributed by atoms with E-state index in [0.29, 0.717) is 48.0 Å². The molecule has 5 aromatic rings. The lowest BCUT2D eigenvalue weighted by molar-refractivity contribution is -0.384. The first-order valence-corrected chi connectivity index (χ1v) is 23.7. The molecule has 4 fully saturated rings. The third-order valence-electron chi connectivity index (χ3n) is 13.9. The monoisotopic (exact) mass is 891 g/mol. The summed E-state index contributed by atoms with van der Waals surface area (Å²) in [4.78, 5) is 37.7. The molecule has 0 bridgehead atoms. The number of carbonyl (C=O) groups is 1. The normalized spacial score (nSPS) is 22.4. The van der Waals surface area contributed by atoms with E-state index in [1.807, 2.05) is 12.1 Å². The van der Waals surface area contributed by atoms with E-state index in [0.717, 1.165) is 49.6 Å². The summed E-state index contributed by atoms with van der Waals surface area (Å²) in [5, 5.41) is 16.2. The number of benzene rings is 3. The zero-order chi connectivity index (χ0) is 44.2. The predicted octanol–water partition coefficient (Wildman–Crippen LogP) is 7.68. The number of hydrogen-bond acceptors (Lipinski definition) is 13. The lowest BCUT2D eigenvalue weighted by Gasteiger charge is -2.56. The molecular formula is C47H53N7O9S. The first kappa shape index (κ1) is 42.2. The molecule has 4 aliphatic heterocycles. The van der Waals surface area contributed by atoms with E-state index in [1.54, 1.807) is 24.4 Å². The van der Waals surface area contributed by atoms with Crippen LogP contribution >= 0.6 is 0 Å². The number of nitro groups is 1. The van der Waals surface area contributed by atoms with Crippen molar-refractivity contribution in [2.45, 2.75) is 87.4 Å².